The summed E-state index contributed by atoms with van der Waals surface area (Å²) in [4.78, 5) is 41.7. The Hall–Kier alpha value is -3.92. The highest BCUT2D eigenvalue weighted by Gasteiger charge is 2.19. The first-order chi connectivity index (χ1) is 15.7. The lowest BCUT2D eigenvalue weighted by molar-refractivity contribution is -0.115. The molecule has 0 spiro atoms. The Morgan fingerprint density at radius 3 is 2.42 bits per heavy atom. The van der Waals surface area contributed by atoms with E-state index in [1.54, 1.807) is 38.1 Å². The molecule has 1 heterocycles. The quantitative estimate of drug-likeness (QED) is 0.344. The highest BCUT2D eigenvalue weighted by atomic mass is 32.1. The Morgan fingerprint density at radius 1 is 1.03 bits per heavy atom. The third-order valence-electron chi connectivity index (χ3n) is 4.58. The standard InChI is InChI=1S/C23H24N4O5S/c1-13(12-24-21(31)16-6-4-8-18(29)11-16)25-22(32)20-14(2)26-23(33-20)27-19(30)10-15-5-3-7-17(28)9-15/h3-9,11,13,28-29H,10,12H2,1-2H3,(H,24,31)(H,25,32)(H,26,27,30). The lowest BCUT2D eigenvalue weighted by Crippen LogP contribution is -2.41. The molecule has 172 valence electrons. The minimum absolute atomic E-state index is 0.00511. The number of carbonyl (C=O) groups is 3. The van der Waals surface area contributed by atoms with Crippen LogP contribution < -0.4 is 16.0 Å². The van der Waals surface area contributed by atoms with E-state index < -0.39 is 0 Å². The molecule has 5 N–H and O–H groups in total. The Kier molecular flexibility index (Phi) is 7.62. The van der Waals surface area contributed by atoms with Crippen molar-refractivity contribution in [3.8, 4) is 11.5 Å². The first-order valence-corrected chi connectivity index (χ1v) is 11.0. The maximum absolute atomic E-state index is 12.6. The van der Waals surface area contributed by atoms with Crippen LogP contribution in [0, 0.1) is 6.92 Å². The summed E-state index contributed by atoms with van der Waals surface area (Å²) in [6.45, 7) is 3.60. The highest BCUT2D eigenvalue weighted by Crippen LogP contribution is 2.23. The molecule has 10 heteroatoms. The van der Waals surface area contributed by atoms with E-state index in [-0.39, 0.29) is 48.2 Å². The van der Waals surface area contributed by atoms with Crippen LogP contribution in [-0.2, 0) is 11.2 Å². The van der Waals surface area contributed by atoms with Crippen molar-refractivity contribution in [1.29, 1.82) is 0 Å². The number of nitrogens with one attached hydrogen (secondary N) is 3. The molecule has 9 nitrogen and oxygen atoms in total. The van der Waals surface area contributed by atoms with Crippen LogP contribution in [0.4, 0.5) is 5.13 Å². The number of hydrogen-bond donors (Lipinski definition) is 5. The smallest absolute Gasteiger partial charge is 0.263 e. The number of phenolic OH excluding ortho intramolecular Hbond substituents is 2. The zero-order chi connectivity index (χ0) is 24.0. The zero-order valence-electron chi connectivity index (χ0n) is 18.1. The van der Waals surface area contributed by atoms with E-state index in [2.05, 4.69) is 20.9 Å². The summed E-state index contributed by atoms with van der Waals surface area (Å²) in [5.41, 5.74) is 1.44. The van der Waals surface area contributed by atoms with Gasteiger partial charge in [0.25, 0.3) is 11.8 Å². The molecule has 0 bridgehead atoms. The summed E-state index contributed by atoms with van der Waals surface area (Å²) in [5, 5.41) is 27.4. The van der Waals surface area contributed by atoms with Crippen LogP contribution in [0.3, 0.4) is 0 Å². The third kappa shape index (κ3) is 6.78. The molecule has 0 saturated heterocycles. The average Bonchev–Trinajstić information content (AvgIpc) is 3.11. The summed E-state index contributed by atoms with van der Waals surface area (Å²) in [5.74, 6) is -0.967. The third-order valence-corrected chi connectivity index (χ3v) is 5.65. The molecule has 33 heavy (non-hydrogen) atoms. The number of phenols is 2. The van der Waals surface area contributed by atoms with Gasteiger partial charge in [0.2, 0.25) is 5.91 Å². The molecule has 3 amide bonds. The number of benzene rings is 2. The lowest BCUT2D eigenvalue weighted by Gasteiger charge is -2.14. The van der Waals surface area contributed by atoms with Gasteiger partial charge in [-0.3, -0.25) is 14.4 Å². The van der Waals surface area contributed by atoms with Crippen LogP contribution in [0.2, 0.25) is 0 Å². The van der Waals surface area contributed by atoms with Crippen molar-refractivity contribution < 1.29 is 24.6 Å². The van der Waals surface area contributed by atoms with Gasteiger partial charge in [-0.25, -0.2) is 4.98 Å². The molecule has 1 aromatic heterocycles. The Bertz CT molecular complexity index is 1180. The number of hydrogen-bond acceptors (Lipinski definition) is 7. The van der Waals surface area contributed by atoms with Crippen LogP contribution in [0.15, 0.2) is 48.5 Å². The van der Waals surface area contributed by atoms with E-state index in [4.69, 9.17) is 0 Å². The van der Waals surface area contributed by atoms with Gasteiger partial charge in [0.1, 0.15) is 16.4 Å². The van der Waals surface area contributed by atoms with E-state index in [1.165, 1.54) is 24.3 Å². The zero-order valence-corrected chi connectivity index (χ0v) is 18.9. The van der Waals surface area contributed by atoms with Gasteiger partial charge in [-0.05, 0) is 49.7 Å². The Balaban J connectivity index is 1.52. The van der Waals surface area contributed by atoms with Gasteiger partial charge in [0.05, 0.1) is 12.1 Å². The molecule has 0 aliphatic rings. The number of aromatic nitrogens is 1. The van der Waals surface area contributed by atoms with Gasteiger partial charge in [-0.1, -0.05) is 29.5 Å². The SMILES string of the molecule is Cc1nc(NC(=O)Cc2cccc(O)c2)sc1C(=O)NC(C)CNC(=O)c1cccc(O)c1. The molecule has 3 rings (SSSR count). The van der Waals surface area contributed by atoms with E-state index in [0.717, 1.165) is 11.3 Å². The van der Waals surface area contributed by atoms with Gasteiger partial charge in [0.15, 0.2) is 5.13 Å². The molecule has 0 radical (unpaired) electrons. The number of nitrogens with zero attached hydrogens (tertiary/aromatic N) is 1. The lowest BCUT2D eigenvalue weighted by atomic mass is 10.1. The fourth-order valence-electron chi connectivity index (χ4n) is 3.01. The number of carbonyl (C=O) groups excluding carboxylic acids is 3. The number of rotatable bonds is 8. The summed E-state index contributed by atoms with van der Waals surface area (Å²) in [7, 11) is 0. The fourth-order valence-corrected chi connectivity index (χ4v) is 3.90. The predicted molar refractivity (Wildman–Crippen MR) is 125 cm³/mol. The van der Waals surface area contributed by atoms with Gasteiger partial charge < -0.3 is 26.2 Å². The number of amides is 3. The molecule has 3 aromatic rings. The van der Waals surface area contributed by atoms with E-state index >= 15 is 0 Å². The molecule has 0 aliphatic heterocycles. The van der Waals surface area contributed by atoms with Crippen LogP contribution in [0.5, 0.6) is 11.5 Å². The predicted octanol–water partition coefficient (Wildman–Crippen LogP) is 2.59. The minimum Gasteiger partial charge on any atom is -0.508 e. The number of aryl methyl sites for hydroxylation is 1. The maximum Gasteiger partial charge on any atom is 0.263 e. The summed E-state index contributed by atoms with van der Waals surface area (Å²) >= 11 is 1.05. The number of anilines is 1. The van der Waals surface area contributed by atoms with Gasteiger partial charge >= 0.3 is 0 Å². The van der Waals surface area contributed by atoms with E-state index in [0.29, 0.717) is 26.8 Å². The number of aromatic hydroxyl groups is 2. The van der Waals surface area contributed by atoms with Crippen molar-refractivity contribution >= 4 is 34.2 Å². The van der Waals surface area contributed by atoms with Gasteiger partial charge in [-0.15, -0.1) is 0 Å². The summed E-state index contributed by atoms with van der Waals surface area (Å²) < 4.78 is 0. The Labute approximate surface area is 194 Å². The maximum atomic E-state index is 12.6. The van der Waals surface area contributed by atoms with Crippen molar-refractivity contribution in [2.24, 2.45) is 0 Å². The highest BCUT2D eigenvalue weighted by molar-refractivity contribution is 7.17. The molecular formula is C23H24N4O5S. The second-order valence-corrected chi connectivity index (χ2v) is 8.46. The second kappa shape index (κ2) is 10.6. The van der Waals surface area contributed by atoms with Crippen LogP contribution >= 0.6 is 11.3 Å². The molecular weight excluding hydrogens is 444 g/mol. The van der Waals surface area contributed by atoms with Crippen molar-refractivity contribution in [2.45, 2.75) is 26.3 Å². The second-order valence-electron chi connectivity index (χ2n) is 7.46. The van der Waals surface area contributed by atoms with Crippen molar-refractivity contribution in [1.82, 2.24) is 15.6 Å². The molecule has 1 atom stereocenters. The first-order valence-electron chi connectivity index (χ1n) is 10.1. The topological polar surface area (TPSA) is 141 Å². The largest absolute Gasteiger partial charge is 0.508 e. The molecule has 1 unspecified atom stereocenters. The van der Waals surface area contributed by atoms with Crippen molar-refractivity contribution in [3.05, 3.63) is 70.2 Å². The van der Waals surface area contributed by atoms with Crippen LogP contribution in [0.1, 0.15) is 38.2 Å². The normalized spacial score (nSPS) is 11.5. The van der Waals surface area contributed by atoms with E-state index in [1.807, 2.05) is 0 Å². The minimum atomic E-state index is -0.371. The van der Waals surface area contributed by atoms with Crippen molar-refractivity contribution in [3.63, 3.8) is 0 Å². The van der Waals surface area contributed by atoms with Crippen molar-refractivity contribution in [2.75, 3.05) is 11.9 Å². The Morgan fingerprint density at radius 2 is 1.73 bits per heavy atom. The molecule has 0 aliphatic carbocycles. The summed E-state index contributed by atoms with van der Waals surface area (Å²) in [6, 6.07) is 12.0. The summed E-state index contributed by atoms with van der Waals surface area (Å²) in [6.07, 6.45) is 0.0600. The molecule has 0 fully saturated rings. The number of thiazole rings is 1. The van der Waals surface area contributed by atoms with Gasteiger partial charge in [0, 0.05) is 18.2 Å². The fraction of sp³-hybridized carbons (Fsp3) is 0.217. The molecule has 0 saturated carbocycles. The molecule has 2 aromatic carbocycles. The van der Waals surface area contributed by atoms with Crippen LogP contribution in [-0.4, -0.2) is 45.5 Å². The average molecular weight is 469 g/mol. The van der Waals surface area contributed by atoms with Gasteiger partial charge in [-0.2, -0.15) is 0 Å². The van der Waals surface area contributed by atoms with Crippen LogP contribution in [0.25, 0.3) is 0 Å². The first kappa shape index (κ1) is 23.7. The monoisotopic (exact) mass is 468 g/mol. The van der Waals surface area contributed by atoms with E-state index in [9.17, 15) is 24.6 Å².